The molecule has 1 aromatic carbocycles. The largest absolute Gasteiger partial charge is 0.481 e. The van der Waals surface area contributed by atoms with Crippen LogP contribution in [0.1, 0.15) is 25.1 Å². The molecule has 1 heterocycles. The van der Waals surface area contributed by atoms with Gasteiger partial charge in [-0.1, -0.05) is 30.3 Å². The second-order valence-electron chi connectivity index (χ2n) is 5.29. The van der Waals surface area contributed by atoms with E-state index < -0.39 is 11.4 Å². The van der Waals surface area contributed by atoms with Gasteiger partial charge in [-0.3, -0.25) is 4.79 Å². The van der Waals surface area contributed by atoms with Gasteiger partial charge in [0.2, 0.25) is 0 Å². The normalized spacial score (nSPS) is 11.3. The molecule has 0 saturated heterocycles. The highest BCUT2D eigenvalue weighted by molar-refractivity contribution is 7.13. The maximum Gasteiger partial charge on any atom is 0.315 e. The summed E-state index contributed by atoms with van der Waals surface area (Å²) in [5.74, 6) is -0.861. The van der Waals surface area contributed by atoms with Crippen molar-refractivity contribution in [2.24, 2.45) is 0 Å². The fraction of sp³-hybridized carbons (Fsp3) is 0.333. The van der Waals surface area contributed by atoms with Gasteiger partial charge < -0.3 is 10.0 Å². The molecule has 20 heavy (non-hydrogen) atoms. The summed E-state index contributed by atoms with van der Waals surface area (Å²) in [6, 6.07) is 10.1. The molecule has 2 aromatic rings. The van der Waals surface area contributed by atoms with Crippen molar-refractivity contribution in [1.29, 1.82) is 0 Å². The Morgan fingerprint density at radius 3 is 2.60 bits per heavy atom. The SMILES string of the molecule is CN(Cc1ccccc1)c1nc(C(C)(C)C(=O)O)cs1. The monoisotopic (exact) mass is 290 g/mol. The summed E-state index contributed by atoms with van der Waals surface area (Å²) in [5.41, 5.74) is 0.844. The van der Waals surface area contributed by atoms with Gasteiger partial charge in [-0.25, -0.2) is 4.98 Å². The van der Waals surface area contributed by atoms with Gasteiger partial charge in [0.15, 0.2) is 5.13 Å². The molecule has 5 heteroatoms. The number of rotatable bonds is 5. The lowest BCUT2D eigenvalue weighted by Gasteiger charge is -2.18. The van der Waals surface area contributed by atoms with Crippen molar-refractivity contribution in [1.82, 2.24) is 4.98 Å². The Bertz CT molecular complexity index is 593. The topological polar surface area (TPSA) is 53.4 Å². The molecule has 106 valence electrons. The first-order valence-corrected chi connectivity index (χ1v) is 7.23. The standard InChI is InChI=1S/C15H18N2O2S/c1-15(2,13(18)19)12-10-20-14(16-12)17(3)9-11-7-5-4-6-8-11/h4-8,10H,9H2,1-3H3,(H,18,19). The van der Waals surface area contributed by atoms with Gasteiger partial charge in [0, 0.05) is 19.0 Å². The van der Waals surface area contributed by atoms with E-state index in [9.17, 15) is 9.90 Å². The highest BCUT2D eigenvalue weighted by Gasteiger charge is 2.32. The van der Waals surface area contributed by atoms with Crippen LogP contribution in [0.25, 0.3) is 0 Å². The number of benzene rings is 1. The van der Waals surface area contributed by atoms with Crippen LogP contribution < -0.4 is 4.90 Å². The van der Waals surface area contributed by atoms with Crippen LogP contribution >= 0.6 is 11.3 Å². The molecule has 0 fully saturated rings. The Hall–Kier alpha value is -1.88. The lowest BCUT2D eigenvalue weighted by atomic mass is 9.90. The predicted octanol–water partition coefficient (Wildman–Crippen LogP) is 3.14. The minimum Gasteiger partial charge on any atom is -0.481 e. The van der Waals surface area contributed by atoms with E-state index in [4.69, 9.17) is 0 Å². The van der Waals surface area contributed by atoms with E-state index in [0.717, 1.165) is 11.7 Å². The minimum atomic E-state index is -0.956. The first kappa shape index (κ1) is 14.5. The lowest BCUT2D eigenvalue weighted by Crippen LogP contribution is -2.29. The Balaban J connectivity index is 2.15. The molecular formula is C15H18N2O2S. The van der Waals surface area contributed by atoms with E-state index in [1.165, 1.54) is 16.9 Å². The van der Waals surface area contributed by atoms with E-state index in [2.05, 4.69) is 17.1 Å². The fourth-order valence-corrected chi connectivity index (χ4v) is 2.72. The van der Waals surface area contributed by atoms with Crippen LogP contribution in [0.5, 0.6) is 0 Å². The molecule has 0 aliphatic heterocycles. The van der Waals surface area contributed by atoms with Crippen molar-refractivity contribution in [2.45, 2.75) is 25.8 Å². The van der Waals surface area contributed by atoms with Crippen LogP contribution in [0.15, 0.2) is 35.7 Å². The number of carboxylic acid groups (broad SMARTS) is 1. The average Bonchev–Trinajstić information content (AvgIpc) is 2.90. The highest BCUT2D eigenvalue weighted by atomic mass is 32.1. The average molecular weight is 290 g/mol. The lowest BCUT2D eigenvalue weighted by molar-refractivity contribution is -0.142. The van der Waals surface area contributed by atoms with Gasteiger partial charge in [-0.2, -0.15) is 0 Å². The number of hydrogen-bond acceptors (Lipinski definition) is 4. The molecule has 0 unspecified atom stereocenters. The zero-order valence-electron chi connectivity index (χ0n) is 11.8. The molecule has 0 aliphatic rings. The molecule has 0 saturated carbocycles. The summed E-state index contributed by atoms with van der Waals surface area (Å²) >= 11 is 1.47. The smallest absolute Gasteiger partial charge is 0.315 e. The van der Waals surface area contributed by atoms with Gasteiger partial charge in [0.1, 0.15) is 5.41 Å². The van der Waals surface area contributed by atoms with E-state index in [1.807, 2.05) is 35.5 Å². The van der Waals surface area contributed by atoms with Crippen molar-refractivity contribution in [3.8, 4) is 0 Å². The van der Waals surface area contributed by atoms with Crippen molar-refractivity contribution in [3.05, 3.63) is 47.0 Å². The van der Waals surface area contributed by atoms with E-state index in [0.29, 0.717) is 5.69 Å². The predicted molar refractivity (Wildman–Crippen MR) is 81.3 cm³/mol. The molecule has 0 spiro atoms. The highest BCUT2D eigenvalue weighted by Crippen LogP contribution is 2.29. The number of carbonyl (C=O) groups is 1. The summed E-state index contributed by atoms with van der Waals surface area (Å²) in [7, 11) is 1.96. The molecule has 1 N–H and O–H groups in total. The van der Waals surface area contributed by atoms with E-state index in [1.54, 1.807) is 13.8 Å². The van der Waals surface area contributed by atoms with Crippen LogP contribution in [0, 0.1) is 0 Å². The Labute approximate surface area is 122 Å². The van der Waals surface area contributed by atoms with Crippen molar-refractivity contribution in [2.75, 3.05) is 11.9 Å². The second kappa shape index (κ2) is 5.63. The third kappa shape index (κ3) is 2.99. The number of nitrogens with zero attached hydrogens (tertiary/aromatic N) is 2. The minimum absolute atomic E-state index is 0.602. The summed E-state index contributed by atoms with van der Waals surface area (Å²) in [6.07, 6.45) is 0. The number of hydrogen-bond donors (Lipinski definition) is 1. The third-order valence-corrected chi connectivity index (χ3v) is 4.21. The van der Waals surface area contributed by atoms with Crippen LogP contribution in [0.4, 0.5) is 5.13 Å². The van der Waals surface area contributed by atoms with Crippen molar-refractivity contribution >= 4 is 22.4 Å². The number of anilines is 1. The second-order valence-corrected chi connectivity index (χ2v) is 6.12. The molecule has 2 rings (SSSR count). The van der Waals surface area contributed by atoms with Crippen molar-refractivity contribution < 1.29 is 9.90 Å². The van der Waals surface area contributed by atoms with Gasteiger partial charge in [-0.05, 0) is 19.4 Å². The van der Waals surface area contributed by atoms with E-state index >= 15 is 0 Å². The molecule has 4 nitrogen and oxygen atoms in total. The molecule has 0 atom stereocenters. The summed E-state index contributed by atoms with van der Waals surface area (Å²) < 4.78 is 0. The molecule has 0 radical (unpaired) electrons. The first-order valence-electron chi connectivity index (χ1n) is 6.35. The van der Waals surface area contributed by atoms with Crippen LogP contribution in [0.3, 0.4) is 0 Å². The summed E-state index contributed by atoms with van der Waals surface area (Å²) in [4.78, 5) is 17.7. The first-order chi connectivity index (χ1) is 9.41. The van der Waals surface area contributed by atoms with Crippen LogP contribution in [-0.2, 0) is 16.8 Å². The zero-order chi connectivity index (χ0) is 14.8. The summed E-state index contributed by atoms with van der Waals surface area (Å²) in [5, 5.41) is 11.9. The molecular weight excluding hydrogens is 272 g/mol. The maximum atomic E-state index is 11.2. The van der Waals surface area contributed by atoms with Crippen LogP contribution in [0.2, 0.25) is 0 Å². The maximum absolute atomic E-state index is 11.2. The number of thiazole rings is 1. The van der Waals surface area contributed by atoms with Crippen molar-refractivity contribution in [3.63, 3.8) is 0 Å². The van der Waals surface area contributed by atoms with E-state index in [-0.39, 0.29) is 0 Å². The van der Waals surface area contributed by atoms with Gasteiger partial charge in [0.25, 0.3) is 0 Å². The Morgan fingerprint density at radius 2 is 2.00 bits per heavy atom. The quantitative estimate of drug-likeness (QED) is 0.919. The molecule has 1 aromatic heterocycles. The van der Waals surface area contributed by atoms with Gasteiger partial charge in [-0.15, -0.1) is 11.3 Å². The molecule has 0 aliphatic carbocycles. The number of carboxylic acids is 1. The molecule has 0 bridgehead atoms. The number of aliphatic carboxylic acids is 1. The number of aromatic nitrogens is 1. The Kier molecular flexibility index (Phi) is 4.09. The van der Waals surface area contributed by atoms with Gasteiger partial charge in [0.05, 0.1) is 5.69 Å². The summed E-state index contributed by atoms with van der Waals surface area (Å²) in [6.45, 7) is 4.10. The fourth-order valence-electron chi connectivity index (χ4n) is 1.76. The molecule has 0 amide bonds. The Morgan fingerprint density at radius 1 is 1.35 bits per heavy atom. The van der Waals surface area contributed by atoms with Crippen LogP contribution in [-0.4, -0.2) is 23.1 Å². The van der Waals surface area contributed by atoms with Gasteiger partial charge >= 0.3 is 5.97 Å². The zero-order valence-corrected chi connectivity index (χ0v) is 12.6. The third-order valence-electron chi connectivity index (χ3n) is 3.26.